The summed E-state index contributed by atoms with van der Waals surface area (Å²) in [6.45, 7) is 2.28. The summed E-state index contributed by atoms with van der Waals surface area (Å²) >= 11 is 12.1. The smallest absolute Gasteiger partial charge is 0.0595 e. The second kappa shape index (κ2) is 8.38. The SMILES string of the molecule is CCCC1CCC(C(Cc2ccc(Cl)c(Cl)c2)NN)CC1. The third-order valence-corrected chi connectivity index (χ3v) is 5.55. The number of nitrogens with one attached hydrogen (secondary N) is 1. The lowest BCUT2D eigenvalue weighted by atomic mass is 9.76. The molecule has 0 aliphatic heterocycles. The van der Waals surface area contributed by atoms with Gasteiger partial charge in [0.1, 0.15) is 0 Å². The zero-order valence-corrected chi connectivity index (χ0v) is 14.3. The predicted octanol–water partition coefficient (Wildman–Crippen LogP) is 4.97. The van der Waals surface area contributed by atoms with Crippen LogP contribution in [0.25, 0.3) is 0 Å². The highest BCUT2D eigenvalue weighted by atomic mass is 35.5. The van der Waals surface area contributed by atoms with Crippen LogP contribution in [-0.4, -0.2) is 6.04 Å². The summed E-state index contributed by atoms with van der Waals surface area (Å²) in [6.07, 6.45) is 8.84. The molecule has 1 aliphatic rings. The van der Waals surface area contributed by atoms with E-state index in [1.54, 1.807) is 0 Å². The second-order valence-electron chi connectivity index (χ2n) is 6.30. The largest absolute Gasteiger partial charge is 0.271 e. The van der Waals surface area contributed by atoms with Crippen LogP contribution in [0.15, 0.2) is 18.2 Å². The Labute approximate surface area is 138 Å². The van der Waals surface area contributed by atoms with Crippen molar-refractivity contribution in [2.24, 2.45) is 17.7 Å². The van der Waals surface area contributed by atoms with E-state index >= 15 is 0 Å². The fourth-order valence-corrected chi connectivity index (χ4v) is 3.89. The molecule has 0 heterocycles. The Balaban J connectivity index is 1.92. The zero-order chi connectivity index (χ0) is 15.2. The van der Waals surface area contributed by atoms with E-state index in [-0.39, 0.29) is 0 Å². The number of hydrogen-bond acceptors (Lipinski definition) is 2. The maximum atomic E-state index is 6.10. The Morgan fingerprint density at radius 3 is 2.48 bits per heavy atom. The first-order valence-electron chi connectivity index (χ1n) is 8.04. The first-order chi connectivity index (χ1) is 10.1. The lowest BCUT2D eigenvalue weighted by molar-refractivity contribution is 0.213. The molecule has 1 atom stereocenters. The van der Waals surface area contributed by atoms with Crippen molar-refractivity contribution < 1.29 is 0 Å². The molecule has 0 spiro atoms. The molecule has 1 unspecified atom stereocenters. The van der Waals surface area contributed by atoms with Crippen LogP contribution in [0.1, 0.15) is 51.0 Å². The van der Waals surface area contributed by atoms with Gasteiger partial charge in [-0.2, -0.15) is 0 Å². The van der Waals surface area contributed by atoms with Gasteiger partial charge in [-0.05, 0) is 48.8 Å². The topological polar surface area (TPSA) is 38.0 Å². The number of rotatable bonds is 6. The summed E-state index contributed by atoms with van der Waals surface area (Å²) in [5.41, 5.74) is 4.22. The molecule has 21 heavy (non-hydrogen) atoms. The van der Waals surface area contributed by atoms with Gasteiger partial charge in [-0.1, -0.05) is 61.9 Å². The van der Waals surface area contributed by atoms with E-state index < -0.39 is 0 Å². The van der Waals surface area contributed by atoms with Crippen LogP contribution in [0.2, 0.25) is 10.0 Å². The molecule has 0 aromatic heterocycles. The number of benzene rings is 1. The molecule has 1 aliphatic carbocycles. The van der Waals surface area contributed by atoms with Crippen LogP contribution >= 0.6 is 23.2 Å². The molecule has 3 N–H and O–H groups in total. The highest BCUT2D eigenvalue weighted by Gasteiger charge is 2.26. The van der Waals surface area contributed by atoms with E-state index in [2.05, 4.69) is 12.3 Å². The van der Waals surface area contributed by atoms with Crippen LogP contribution in [0, 0.1) is 11.8 Å². The van der Waals surface area contributed by atoms with E-state index in [1.165, 1.54) is 44.1 Å². The lowest BCUT2D eigenvalue weighted by Gasteiger charge is -2.33. The van der Waals surface area contributed by atoms with Crippen LogP contribution in [0.5, 0.6) is 0 Å². The van der Waals surface area contributed by atoms with Gasteiger partial charge in [0.05, 0.1) is 10.0 Å². The Morgan fingerprint density at radius 2 is 1.90 bits per heavy atom. The van der Waals surface area contributed by atoms with Gasteiger partial charge in [-0.3, -0.25) is 11.3 Å². The van der Waals surface area contributed by atoms with Crippen molar-refractivity contribution in [3.05, 3.63) is 33.8 Å². The summed E-state index contributed by atoms with van der Waals surface area (Å²) in [7, 11) is 0. The summed E-state index contributed by atoms with van der Waals surface area (Å²) in [5, 5.41) is 1.23. The summed E-state index contributed by atoms with van der Waals surface area (Å²) in [4.78, 5) is 0. The number of hydrazine groups is 1. The minimum atomic E-state index is 0.324. The summed E-state index contributed by atoms with van der Waals surface area (Å²) in [5.74, 6) is 7.39. The first-order valence-corrected chi connectivity index (χ1v) is 8.79. The monoisotopic (exact) mass is 328 g/mol. The van der Waals surface area contributed by atoms with Crippen molar-refractivity contribution in [2.75, 3.05) is 0 Å². The standard InChI is InChI=1S/C17H26Cl2N2/c1-2-3-12-4-7-14(8-5-12)17(21-20)11-13-6-9-15(18)16(19)10-13/h6,9-10,12,14,17,21H,2-5,7-8,11,20H2,1H3. The predicted molar refractivity (Wildman–Crippen MR) is 91.6 cm³/mol. The summed E-state index contributed by atoms with van der Waals surface area (Å²) in [6, 6.07) is 6.19. The molecule has 0 bridgehead atoms. The fourth-order valence-electron chi connectivity index (χ4n) is 3.57. The lowest BCUT2D eigenvalue weighted by Crippen LogP contribution is -2.43. The van der Waals surface area contributed by atoms with Crippen molar-refractivity contribution in [1.29, 1.82) is 0 Å². The van der Waals surface area contributed by atoms with Crippen LogP contribution < -0.4 is 11.3 Å². The van der Waals surface area contributed by atoms with Crippen LogP contribution in [0.4, 0.5) is 0 Å². The molecule has 1 aromatic rings. The Morgan fingerprint density at radius 1 is 1.19 bits per heavy atom. The second-order valence-corrected chi connectivity index (χ2v) is 7.11. The molecule has 118 valence electrons. The molecule has 0 saturated heterocycles. The molecule has 2 rings (SSSR count). The minimum Gasteiger partial charge on any atom is -0.271 e. The Bertz CT molecular complexity index is 442. The van der Waals surface area contributed by atoms with Gasteiger partial charge >= 0.3 is 0 Å². The van der Waals surface area contributed by atoms with E-state index in [0.717, 1.165) is 12.3 Å². The molecule has 1 aromatic carbocycles. The molecule has 1 fully saturated rings. The van der Waals surface area contributed by atoms with Crippen molar-refractivity contribution in [3.63, 3.8) is 0 Å². The van der Waals surface area contributed by atoms with Gasteiger partial charge in [0, 0.05) is 6.04 Å². The molecule has 0 radical (unpaired) electrons. The van der Waals surface area contributed by atoms with E-state index in [1.807, 2.05) is 18.2 Å². The van der Waals surface area contributed by atoms with E-state index in [0.29, 0.717) is 22.0 Å². The van der Waals surface area contributed by atoms with E-state index in [9.17, 15) is 0 Å². The Hall–Kier alpha value is -0.280. The molecule has 1 saturated carbocycles. The van der Waals surface area contributed by atoms with Crippen LogP contribution in [-0.2, 0) is 6.42 Å². The molecule has 0 amide bonds. The van der Waals surface area contributed by atoms with Crippen molar-refractivity contribution >= 4 is 23.2 Å². The molecular formula is C17H26Cl2N2. The summed E-state index contributed by atoms with van der Waals surface area (Å²) < 4.78 is 0. The number of hydrogen-bond donors (Lipinski definition) is 2. The van der Waals surface area contributed by atoms with Gasteiger partial charge in [-0.15, -0.1) is 0 Å². The van der Waals surface area contributed by atoms with Crippen molar-refractivity contribution in [2.45, 2.75) is 57.9 Å². The quantitative estimate of drug-likeness (QED) is 0.571. The van der Waals surface area contributed by atoms with Gasteiger partial charge in [0.15, 0.2) is 0 Å². The van der Waals surface area contributed by atoms with Crippen LogP contribution in [0.3, 0.4) is 0 Å². The zero-order valence-electron chi connectivity index (χ0n) is 12.7. The maximum absolute atomic E-state index is 6.10. The highest BCUT2D eigenvalue weighted by molar-refractivity contribution is 6.42. The molecule has 2 nitrogen and oxygen atoms in total. The average molecular weight is 329 g/mol. The fraction of sp³-hybridized carbons (Fsp3) is 0.647. The molecular weight excluding hydrogens is 303 g/mol. The third-order valence-electron chi connectivity index (χ3n) is 4.81. The third kappa shape index (κ3) is 4.85. The van der Waals surface area contributed by atoms with Gasteiger partial charge < -0.3 is 0 Å². The van der Waals surface area contributed by atoms with E-state index in [4.69, 9.17) is 29.0 Å². The Kier molecular flexibility index (Phi) is 6.81. The van der Waals surface area contributed by atoms with Gasteiger partial charge in [0.25, 0.3) is 0 Å². The first kappa shape index (κ1) is 17.1. The van der Waals surface area contributed by atoms with Gasteiger partial charge in [0.2, 0.25) is 0 Å². The highest BCUT2D eigenvalue weighted by Crippen LogP contribution is 2.34. The normalized spacial score (nSPS) is 24.0. The molecule has 4 heteroatoms. The van der Waals surface area contributed by atoms with Crippen molar-refractivity contribution in [1.82, 2.24) is 5.43 Å². The minimum absolute atomic E-state index is 0.324. The van der Waals surface area contributed by atoms with Crippen molar-refractivity contribution in [3.8, 4) is 0 Å². The van der Waals surface area contributed by atoms with Gasteiger partial charge in [-0.25, -0.2) is 0 Å². The number of nitrogens with two attached hydrogens (primary N) is 1. The maximum Gasteiger partial charge on any atom is 0.0595 e. The number of halogens is 2. The average Bonchev–Trinajstić information content (AvgIpc) is 2.50.